The highest BCUT2D eigenvalue weighted by Crippen LogP contribution is 2.43. The molecule has 1 atom stereocenters. The number of amides is 1. The van der Waals surface area contributed by atoms with Crippen molar-refractivity contribution in [1.29, 1.82) is 0 Å². The standard InChI is InChI=1S/C17H20N2O5/c1-10(16(23)24)18-15(22)12-13(20)11-6-5-9-19(11)17(14(12)21)7-3-2-4-8-17/h5-6,9-10,20H,2-4,7-8H2,1H3,(H,18,22)(H,23,24). The molecule has 1 aromatic heterocycles. The lowest BCUT2D eigenvalue weighted by Gasteiger charge is -2.41. The van der Waals surface area contributed by atoms with E-state index in [-0.39, 0.29) is 5.57 Å². The van der Waals surface area contributed by atoms with Gasteiger partial charge in [0.2, 0.25) is 0 Å². The van der Waals surface area contributed by atoms with Crippen molar-refractivity contribution in [3.8, 4) is 0 Å². The summed E-state index contributed by atoms with van der Waals surface area (Å²) in [6.07, 6.45) is 5.72. The molecule has 0 radical (unpaired) electrons. The molecule has 0 saturated heterocycles. The summed E-state index contributed by atoms with van der Waals surface area (Å²) in [4.78, 5) is 36.5. The molecule has 1 saturated carbocycles. The van der Waals surface area contributed by atoms with E-state index in [0.717, 1.165) is 19.3 Å². The minimum Gasteiger partial charge on any atom is -0.505 e. The second-order valence-electron chi connectivity index (χ2n) is 6.44. The highest BCUT2D eigenvalue weighted by atomic mass is 16.4. The fourth-order valence-electron chi connectivity index (χ4n) is 3.67. The van der Waals surface area contributed by atoms with E-state index in [1.165, 1.54) is 6.92 Å². The number of aliphatic hydroxyl groups is 1. The molecule has 3 rings (SSSR count). The van der Waals surface area contributed by atoms with E-state index in [1.807, 2.05) is 0 Å². The fourth-order valence-corrected chi connectivity index (χ4v) is 3.67. The third-order valence-corrected chi connectivity index (χ3v) is 4.96. The van der Waals surface area contributed by atoms with Crippen LogP contribution in [0.4, 0.5) is 0 Å². The van der Waals surface area contributed by atoms with Crippen molar-refractivity contribution in [2.45, 2.75) is 50.6 Å². The van der Waals surface area contributed by atoms with Crippen molar-refractivity contribution in [1.82, 2.24) is 9.88 Å². The Morgan fingerprint density at radius 2 is 1.96 bits per heavy atom. The van der Waals surface area contributed by atoms with Gasteiger partial charge in [-0.15, -0.1) is 0 Å². The largest absolute Gasteiger partial charge is 0.505 e. The molecule has 2 aliphatic rings. The van der Waals surface area contributed by atoms with Crippen LogP contribution in [0.2, 0.25) is 0 Å². The molecule has 1 spiro atoms. The summed E-state index contributed by atoms with van der Waals surface area (Å²) in [5.74, 6) is -2.87. The summed E-state index contributed by atoms with van der Waals surface area (Å²) in [5.41, 5.74) is -0.775. The Hall–Kier alpha value is -2.57. The van der Waals surface area contributed by atoms with Crippen LogP contribution in [0.15, 0.2) is 23.9 Å². The van der Waals surface area contributed by atoms with E-state index in [2.05, 4.69) is 5.32 Å². The van der Waals surface area contributed by atoms with Gasteiger partial charge >= 0.3 is 5.97 Å². The number of carboxylic acid groups (broad SMARTS) is 1. The van der Waals surface area contributed by atoms with E-state index in [0.29, 0.717) is 18.5 Å². The van der Waals surface area contributed by atoms with Crippen molar-refractivity contribution in [2.75, 3.05) is 0 Å². The van der Waals surface area contributed by atoms with Crippen molar-refractivity contribution in [3.63, 3.8) is 0 Å². The summed E-state index contributed by atoms with van der Waals surface area (Å²) < 4.78 is 1.77. The number of nitrogens with one attached hydrogen (secondary N) is 1. The first kappa shape index (κ1) is 16.3. The summed E-state index contributed by atoms with van der Waals surface area (Å²) >= 11 is 0. The Labute approximate surface area is 139 Å². The van der Waals surface area contributed by atoms with E-state index < -0.39 is 35.0 Å². The molecule has 3 N–H and O–H groups in total. The third kappa shape index (κ3) is 2.31. The van der Waals surface area contributed by atoms with Gasteiger partial charge in [-0.05, 0) is 31.9 Å². The van der Waals surface area contributed by atoms with Gasteiger partial charge in [0, 0.05) is 6.20 Å². The molecule has 128 valence electrons. The summed E-state index contributed by atoms with van der Waals surface area (Å²) in [6.45, 7) is 1.31. The molecular weight excluding hydrogens is 312 g/mol. The Kier molecular flexibility index (Phi) is 3.95. The number of ketones is 1. The average Bonchev–Trinajstić information content (AvgIpc) is 3.05. The Morgan fingerprint density at radius 1 is 1.29 bits per heavy atom. The third-order valence-electron chi connectivity index (χ3n) is 4.96. The fraction of sp³-hybridized carbons (Fsp3) is 0.471. The zero-order valence-corrected chi connectivity index (χ0v) is 13.4. The molecular formula is C17H20N2O5. The molecule has 2 heterocycles. The number of carbonyl (C=O) groups excluding carboxylic acids is 2. The smallest absolute Gasteiger partial charge is 0.325 e. The van der Waals surface area contributed by atoms with E-state index in [1.54, 1.807) is 22.9 Å². The molecule has 7 nitrogen and oxygen atoms in total. The van der Waals surface area contributed by atoms with Crippen LogP contribution in [0.1, 0.15) is 44.7 Å². The number of hydrogen-bond donors (Lipinski definition) is 3. The first-order chi connectivity index (χ1) is 11.4. The maximum Gasteiger partial charge on any atom is 0.325 e. The molecule has 24 heavy (non-hydrogen) atoms. The highest BCUT2D eigenvalue weighted by Gasteiger charge is 2.49. The van der Waals surface area contributed by atoms with E-state index in [4.69, 9.17) is 5.11 Å². The van der Waals surface area contributed by atoms with Gasteiger partial charge in [0.05, 0.1) is 5.69 Å². The molecule has 7 heteroatoms. The predicted octanol–water partition coefficient (Wildman–Crippen LogP) is 1.59. The minimum atomic E-state index is -1.21. The van der Waals surface area contributed by atoms with Gasteiger partial charge in [-0.1, -0.05) is 19.3 Å². The van der Waals surface area contributed by atoms with Gasteiger partial charge in [-0.25, -0.2) is 0 Å². The Morgan fingerprint density at radius 3 is 2.58 bits per heavy atom. The van der Waals surface area contributed by atoms with Crippen molar-refractivity contribution >= 4 is 23.4 Å². The maximum atomic E-state index is 13.1. The topological polar surface area (TPSA) is 109 Å². The quantitative estimate of drug-likeness (QED) is 0.728. The van der Waals surface area contributed by atoms with Crippen LogP contribution in [0.25, 0.3) is 5.76 Å². The van der Waals surface area contributed by atoms with Gasteiger partial charge in [-0.3, -0.25) is 14.4 Å². The molecule has 1 amide bonds. The predicted molar refractivity (Wildman–Crippen MR) is 85.3 cm³/mol. The number of carbonyl (C=O) groups is 3. The number of nitrogens with zero attached hydrogens (tertiary/aromatic N) is 1. The number of carboxylic acids is 1. The number of aromatic nitrogens is 1. The molecule has 1 aliphatic carbocycles. The van der Waals surface area contributed by atoms with Gasteiger partial charge in [-0.2, -0.15) is 0 Å². The number of fused-ring (bicyclic) bond motifs is 2. The van der Waals surface area contributed by atoms with Gasteiger partial charge < -0.3 is 20.1 Å². The number of aliphatic hydroxyl groups excluding tert-OH is 1. The highest BCUT2D eigenvalue weighted by molar-refractivity contribution is 6.27. The molecule has 1 unspecified atom stereocenters. The zero-order chi connectivity index (χ0) is 17.5. The summed E-state index contributed by atoms with van der Waals surface area (Å²) in [6, 6.07) is 2.24. The summed E-state index contributed by atoms with van der Waals surface area (Å²) in [7, 11) is 0. The van der Waals surface area contributed by atoms with Crippen LogP contribution in [0.3, 0.4) is 0 Å². The van der Waals surface area contributed by atoms with Crippen molar-refractivity contribution in [2.24, 2.45) is 0 Å². The first-order valence-electron chi connectivity index (χ1n) is 8.08. The lowest BCUT2D eigenvalue weighted by Crippen LogP contribution is -2.51. The number of aliphatic carboxylic acids is 1. The summed E-state index contributed by atoms with van der Waals surface area (Å²) in [5, 5.41) is 21.7. The van der Waals surface area contributed by atoms with Crippen LogP contribution < -0.4 is 5.32 Å². The van der Waals surface area contributed by atoms with Gasteiger partial charge in [0.15, 0.2) is 11.5 Å². The molecule has 1 aromatic rings. The number of rotatable bonds is 3. The second kappa shape index (κ2) is 5.81. The zero-order valence-electron chi connectivity index (χ0n) is 13.4. The van der Waals surface area contributed by atoms with Crippen LogP contribution in [0, 0.1) is 0 Å². The van der Waals surface area contributed by atoms with Crippen molar-refractivity contribution < 1.29 is 24.6 Å². The minimum absolute atomic E-state index is 0.337. The van der Waals surface area contributed by atoms with Gasteiger partial charge in [0.25, 0.3) is 5.91 Å². The van der Waals surface area contributed by atoms with Crippen LogP contribution in [-0.4, -0.2) is 38.5 Å². The molecule has 1 aliphatic heterocycles. The molecule has 0 aromatic carbocycles. The van der Waals surface area contributed by atoms with Crippen LogP contribution in [0.5, 0.6) is 0 Å². The van der Waals surface area contributed by atoms with Crippen LogP contribution >= 0.6 is 0 Å². The normalized spacial score (nSPS) is 20.6. The maximum absolute atomic E-state index is 13.1. The number of hydrogen-bond acceptors (Lipinski definition) is 4. The van der Waals surface area contributed by atoms with Crippen molar-refractivity contribution in [3.05, 3.63) is 29.6 Å². The lowest BCUT2D eigenvalue weighted by molar-refractivity contribution is -0.141. The molecule has 1 fully saturated rings. The Bertz CT molecular complexity index is 740. The molecule has 0 bridgehead atoms. The monoisotopic (exact) mass is 332 g/mol. The number of Topliss-reactive ketones (excluding diaryl/α,β-unsaturated/α-hetero) is 1. The lowest BCUT2D eigenvalue weighted by atomic mass is 9.73. The van der Waals surface area contributed by atoms with Crippen LogP contribution in [-0.2, 0) is 19.9 Å². The second-order valence-corrected chi connectivity index (χ2v) is 6.44. The van der Waals surface area contributed by atoms with E-state index >= 15 is 0 Å². The van der Waals surface area contributed by atoms with Gasteiger partial charge in [0.1, 0.15) is 17.2 Å². The first-order valence-corrected chi connectivity index (χ1v) is 8.08. The SMILES string of the molecule is CC(NC(=O)C1=C(O)c2cccn2C2(CCCCC2)C1=O)C(=O)O. The van der Waals surface area contributed by atoms with E-state index in [9.17, 15) is 19.5 Å². The Balaban J connectivity index is 2.06. The average molecular weight is 332 g/mol.